The Morgan fingerprint density at radius 2 is 1.64 bits per heavy atom. The molecule has 3 aromatic carbocycles. The van der Waals surface area contributed by atoms with E-state index in [9.17, 15) is 13.2 Å². The molecule has 3 rings (SSSR count). The van der Waals surface area contributed by atoms with E-state index in [0.717, 1.165) is 21.2 Å². The Morgan fingerprint density at radius 3 is 2.27 bits per heavy atom. The molecule has 0 aliphatic heterocycles. The highest BCUT2D eigenvalue weighted by molar-refractivity contribution is 7.93. The van der Waals surface area contributed by atoms with Crippen molar-refractivity contribution in [3.63, 3.8) is 0 Å². The van der Waals surface area contributed by atoms with Crippen LogP contribution >= 0.6 is 11.6 Å². The van der Waals surface area contributed by atoms with Gasteiger partial charge in [-0.15, -0.1) is 0 Å². The van der Waals surface area contributed by atoms with Gasteiger partial charge in [0.1, 0.15) is 11.5 Å². The zero-order valence-corrected chi connectivity index (χ0v) is 20.3. The molecule has 3 aromatic rings. The van der Waals surface area contributed by atoms with Crippen LogP contribution in [0.15, 0.2) is 71.6 Å². The highest BCUT2D eigenvalue weighted by Crippen LogP contribution is 2.28. The summed E-state index contributed by atoms with van der Waals surface area (Å²) in [6.45, 7) is 4.21. The van der Waals surface area contributed by atoms with Crippen molar-refractivity contribution < 1.29 is 22.7 Å². The number of amides is 1. The van der Waals surface area contributed by atoms with Crippen LogP contribution in [0.3, 0.4) is 0 Å². The number of sulfonamides is 1. The van der Waals surface area contributed by atoms with E-state index in [1.165, 1.54) is 43.5 Å². The molecule has 8 heteroatoms. The van der Waals surface area contributed by atoms with E-state index in [4.69, 9.17) is 21.1 Å². The quantitative estimate of drug-likeness (QED) is 0.370. The first kappa shape index (κ1) is 24.6. The van der Waals surface area contributed by atoms with Crippen molar-refractivity contribution >= 4 is 33.2 Å². The molecule has 0 spiro atoms. The van der Waals surface area contributed by atoms with E-state index in [0.29, 0.717) is 17.2 Å². The Balaban J connectivity index is 1.80. The molecule has 0 fully saturated rings. The van der Waals surface area contributed by atoms with E-state index in [-0.39, 0.29) is 23.6 Å². The lowest BCUT2D eigenvalue weighted by molar-refractivity contribution is -0.117. The Labute approximate surface area is 199 Å². The number of halogens is 1. The predicted octanol–water partition coefficient (Wildman–Crippen LogP) is 5.55. The highest BCUT2D eigenvalue weighted by atomic mass is 35.5. The maximum absolute atomic E-state index is 13.4. The van der Waals surface area contributed by atoms with Crippen molar-refractivity contribution in [2.45, 2.75) is 31.6 Å². The second-order valence-corrected chi connectivity index (χ2v) is 9.76. The molecular formula is C25H26ClNO5S. The summed E-state index contributed by atoms with van der Waals surface area (Å²) in [5.74, 6) is 0.750. The van der Waals surface area contributed by atoms with Crippen molar-refractivity contribution in [1.82, 2.24) is 0 Å². The normalized spacial score (nSPS) is 11.2. The van der Waals surface area contributed by atoms with Gasteiger partial charge in [-0.3, -0.25) is 4.79 Å². The van der Waals surface area contributed by atoms with Gasteiger partial charge >= 0.3 is 0 Å². The summed E-state index contributed by atoms with van der Waals surface area (Å²) in [4.78, 5) is 13.1. The summed E-state index contributed by atoms with van der Waals surface area (Å²) < 4.78 is 38.5. The number of methoxy groups -OCH3 is 1. The fraction of sp³-hybridized carbons (Fsp3) is 0.240. The van der Waals surface area contributed by atoms with Crippen LogP contribution in [0, 0.1) is 13.8 Å². The Bertz CT molecular complexity index is 1210. The van der Waals surface area contributed by atoms with Crippen LogP contribution in [0.2, 0.25) is 5.02 Å². The molecule has 0 saturated carbocycles. The largest absolute Gasteiger partial charge is 0.497 e. The molecule has 174 valence electrons. The van der Waals surface area contributed by atoms with Crippen molar-refractivity contribution in [2.75, 3.05) is 18.0 Å². The van der Waals surface area contributed by atoms with Crippen LogP contribution in [0.5, 0.6) is 11.5 Å². The summed E-state index contributed by atoms with van der Waals surface area (Å²) in [5, 5.41) is 0.403. The zero-order valence-electron chi connectivity index (χ0n) is 18.7. The third-order valence-corrected chi connectivity index (χ3v) is 7.04. The maximum atomic E-state index is 13.4. The Kier molecular flexibility index (Phi) is 8.00. The standard InChI is InChI=1S/C25H26ClNO5S/c1-18-6-7-19(2)24(17-18)32-16-4-5-25(28)27(21-10-12-22(31-3)13-11-21)33(29,30)23-14-8-20(26)9-15-23/h6-15,17H,4-5,16H2,1-3H3. The van der Waals surface area contributed by atoms with Crippen LogP contribution in [0.25, 0.3) is 0 Å². The van der Waals surface area contributed by atoms with Crippen molar-refractivity contribution in [2.24, 2.45) is 0 Å². The number of hydrogen-bond acceptors (Lipinski definition) is 5. The number of ether oxygens (including phenoxy) is 2. The number of carbonyl (C=O) groups is 1. The van der Waals surface area contributed by atoms with E-state index in [1.54, 1.807) is 12.1 Å². The molecule has 0 aliphatic carbocycles. The first-order chi connectivity index (χ1) is 15.7. The predicted molar refractivity (Wildman–Crippen MR) is 130 cm³/mol. The van der Waals surface area contributed by atoms with E-state index in [2.05, 4.69) is 0 Å². The number of benzene rings is 3. The molecule has 0 aliphatic rings. The number of anilines is 1. The van der Waals surface area contributed by atoms with Crippen molar-refractivity contribution in [3.05, 3.63) is 82.9 Å². The van der Waals surface area contributed by atoms with E-state index < -0.39 is 15.9 Å². The third-order valence-electron chi connectivity index (χ3n) is 5.02. The smallest absolute Gasteiger partial charge is 0.270 e. The molecule has 0 aromatic heterocycles. The molecule has 6 nitrogen and oxygen atoms in total. The highest BCUT2D eigenvalue weighted by Gasteiger charge is 2.30. The molecule has 0 saturated heterocycles. The first-order valence-electron chi connectivity index (χ1n) is 10.4. The minimum atomic E-state index is -4.15. The van der Waals surface area contributed by atoms with Crippen LogP contribution in [-0.4, -0.2) is 28.0 Å². The lowest BCUT2D eigenvalue weighted by atomic mass is 10.1. The van der Waals surface area contributed by atoms with Crippen LogP contribution < -0.4 is 13.8 Å². The number of hydrogen-bond donors (Lipinski definition) is 0. The summed E-state index contributed by atoms with van der Waals surface area (Å²) in [6, 6.07) is 17.9. The van der Waals surface area contributed by atoms with Gasteiger partial charge in [-0.05, 0) is 86.0 Å². The fourth-order valence-corrected chi connectivity index (χ4v) is 4.79. The maximum Gasteiger partial charge on any atom is 0.270 e. The van der Waals surface area contributed by atoms with Gasteiger partial charge < -0.3 is 9.47 Å². The van der Waals surface area contributed by atoms with Crippen LogP contribution in [0.1, 0.15) is 24.0 Å². The van der Waals surface area contributed by atoms with Gasteiger partial charge in [0, 0.05) is 11.4 Å². The average molecular weight is 488 g/mol. The lowest BCUT2D eigenvalue weighted by Gasteiger charge is -2.23. The van der Waals surface area contributed by atoms with Gasteiger partial charge in [-0.25, -0.2) is 12.7 Å². The SMILES string of the molecule is COc1ccc(N(C(=O)CCCOc2cc(C)ccc2C)S(=O)(=O)c2ccc(Cl)cc2)cc1. The number of nitrogens with zero attached hydrogens (tertiary/aromatic N) is 1. The van der Waals surface area contributed by atoms with Gasteiger partial charge in [0.05, 0.1) is 24.3 Å². The monoisotopic (exact) mass is 487 g/mol. The van der Waals surface area contributed by atoms with Gasteiger partial charge in [0.2, 0.25) is 5.91 Å². The second kappa shape index (κ2) is 10.7. The molecule has 0 radical (unpaired) electrons. The molecule has 0 unspecified atom stereocenters. The summed E-state index contributed by atoms with van der Waals surface area (Å²) in [7, 11) is -2.64. The summed E-state index contributed by atoms with van der Waals surface area (Å²) in [6.07, 6.45) is 0.346. The van der Waals surface area contributed by atoms with Gasteiger partial charge in [-0.2, -0.15) is 0 Å². The molecule has 0 heterocycles. The van der Waals surface area contributed by atoms with Gasteiger partial charge in [0.15, 0.2) is 0 Å². The van der Waals surface area contributed by atoms with E-state index in [1.807, 2.05) is 32.0 Å². The molecule has 1 amide bonds. The van der Waals surface area contributed by atoms with Gasteiger partial charge in [0.25, 0.3) is 10.0 Å². The van der Waals surface area contributed by atoms with Gasteiger partial charge in [-0.1, -0.05) is 23.7 Å². The molecule has 0 bridgehead atoms. The third kappa shape index (κ3) is 6.06. The number of aryl methyl sites for hydroxylation is 2. The van der Waals surface area contributed by atoms with E-state index >= 15 is 0 Å². The fourth-order valence-electron chi connectivity index (χ4n) is 3.22. The van der Waals surface area contributed by atoms with Crippen LogP contribution in [0.4, 0.5) is 5.69 Å². The Hall–Kier alpha value is -3.03. The molecule has 33 heavy (non-hydrogen) atoms. The summed E-state index contributed by atoms with van der Waals surface area (Å²) in [5.41, 5.74) is 2.30. The topological polar surface area (TPSA) is 72.9 Å². The van der Waals surface area contributed by atoms with Crippen LogP contribution in [-0.2, 0) is 14.8 Å². The molecule has 0 N–H and O–H groups in total. The lowest BCUT2D eigenvalue weighted by Crippen LogP contribution is -2.37. The minimum absolute atomic E-state index is 0.0102. The minimum Gasteiger partial charge on any atom is -0.497 e. The molecular weight excluding hydrogens is 462 g/mol. The first-order valence-corrected chi connectivity index (χ1v) is 12.2. The molecule has 0 atom stereocenters. The number of carbonyl (C=O) groups excluding carboxylic acids is 1. The number of rotatable bonds is 9. The zero-order chi connectivity index (χ0) is 24.0. The average Bonchev–Trinajstić information content (AvgIpc) is 2.79. The van der Waals surface area contributed by atoms with Crippen molar-refractivity contribution in [3.8, 4) is 11.5 Å². The Morgan fingerprint density at radius 1 is 0.970 bits per heavy atom. The van der Waals surface area contributed by atoms with Crippen molar-refractivity contribution in [1.29, 1.82) is 0 Å². The second-order valence-electron chi connectivity index (χ2n) is 7.54. The summed E-state index contributed by atoms with van der Waals surface area (Å²) >= 11 is 5.91.